The largest absolute Gasteiger partial charge is 0.396 e. The number of nitrogen functional groups attached to an aromatic ring is 1. The number of carbonyl (C=O) groups is 1. The molecule has 0 radical (unpaired) electrons. The van der Waals surface area contributed by atoms with Gasteiger partial charge in [-0.3, -0.25) is 9.78 Å². The van der Waals surface area contributed by atoms with E-state index < -0.39 is 0 Å². The van der Waals surface area contributed by atoms with E-state index in [0.29, 0.717) is 21.3 Å². The molecule has 2 rings (SSSR count). The normalized spacial score (nSPS) is 10.1. The minimum Gasteiger partial charge on any atom is -0.396 e. The van der Waals surface area contributed by atoms with Gasteiger partial charge in [0.2, 0.25) is 0 Å². The van der Waals surface area contributed by atoms with Gasteiger partial charge < -0.3 is 11.1 Å². The van der Waals surface area contributed by atoms with E-state index in [4.69, 9.17) is 17.3 Å². The van der Waals surface area contributed by atoms with Crippen molar-refractivity contribution in [2.75, 3.05) is 11.1 Å². The van der Waals surface area contributed by atoms with Gasteiger partial charge in [0.25, 0.3) is 5.91 Å². The predicted molar refractivity (Wildman–Crippen MR) is 65.9 cm³/mol. The Bertz CT molecular complexity index is 526. The summed E-state index contributed by atoms with van der Waals surface area (Å²) in [7, 11) is 0. The summed E-state index contributed by atoms with van der Waals surface area (Å²) in [5.41, 5.74) is 6.61. The standard InChI is InChI=1S/C10H8ClN3OS/c11-6-2-4-16-9(6)10(15)14-8-1-3-13-5-7(8)12/h1-5H,12H2,(H,13,14,15). The van der Waals surface area contributed by atoms with Crippen LogP contribution in [0.25, 0.3) is 0 Å². The molecule has 0 aliphatic rings. The van der Waals surface area contributed by atoms with Gasteiger partial charge in [0.05, 0.1) is 22.6 Å². The number of pyridine rings is 1. The first kappa shape index (κ1) is 10.9. The van der Waals surface area contributed by atoms with E-state index in [0.717, 1.165) is 0 Å². The second kappa shape index (κ2) is 4.51. The Labute approximate surface area is 101 Å². The summed E-state index contributed by atoms with van der Waals surface area (Å²) < 4.78 is 0. The van der Waals surface area contributed by atoms with Crippen molar-refractivity contribution in [3.05, 3.63) is 39.8 Å². The van der Waals surface area contributed by atoms with Crippen LogP contribution in [0, 0.1) is 0 Å². The van der Waals surface area contributed by atoms with E-state index in [-0.39, 0.29) is 5.91 Å². The summed E-state index contributed by atoms with van der Waals surface area (Å²) in [4.78, 5) is 16.1. The minimum atomic E-state index is -0.266. The lowest BCUT2D eigenvalue weighted by molar-refractivity contribution is 0.103. The molecule has 0 bridgehead atoms. The fraction of sp³-hybridized carbons (Fsp3) is 0. The lowest BCUT2D eigenvalue weighted by Gasteiger charge is -2.06. The second-order valence-corrected chi connectivity index (χ2v) is 4.34. The van der Waals surface area contributed by atoms with Crippen LogP contribution < -0.4 is 11.1 Å². The number of nitrogens with two attached hydrogens (primary N) is 1. The average Bonchev–Trinajstić information content (AvgIpc) is 2.68. The van der Waals surface area contributed by atoms with Gasteiger partial charge in [-0.15, -0.1) is 11.3 Å². The van der Waals surface area contributed by atoms with Crippen LogP contribution in [-0.4, -0.2) is 10.9 Å². The molecule has 2 aromatic rings. The first-order valence-corrected chi connectivity index (χ1v) is 5.68. The second-order valence-electron chi connectivity index (χ2n) is 3.01. The van der Waals surface area contributed by atoms with Gasteiger partial charge in [0.15, 0.2) is 0 Å². The molecule has 0 aliphatic heterocycles. The SMILES string of the molecule is Nc1cnccc1NC(=O)c1sccc1Cl. The third kappa shape index (κ3) is 2.15. The van der Waals surface area contributed by atoms with Crippen molar-refractivity contribution >= 4 is 40.2 Å². The van der Waals surface area contributed by atoms with Crippen LogP contribution in [0.5, 0.6) is 0 Å². The first-order valence-electron chi connectivity index (χ1n) is 4.42. The maximum Gasteiger partial charge on any atom is 0.267 e. The number of carbonyl (C=O) groups excluding carboxylic acids is 1. The third-order valence-corrected chi connectivity index (χ3v) is 3.26. The Morgan fingerprint density at radius 2 is 2.31 bits per heavy atom. The van der Waals surface area contributed by atoms with Crippen LogP contribution in [0.1, 0.15) is 9.67 Å². The third-order valence-electron chi connectivity index (χ3n) is 1.92. The molecule has 0 fully saturated rings. The number of amides is 1. The number of thiophene rings is 1. The summed E-state index contributed by atoms with van der Waals surface area (Å²) in [5, 5.41) is 4.87. The maximum absolute atomic E-state index is 11.8. The van der Waals surface area contributed by atoms with Crippen molar-refractivity contribution in [3.8, 4) is 0 Å². The van der Waals surface area contributed by atoms with Crippen molar-refractivity contribution in [1.29, 1.82) is 0 Å². The predicted octanol–water partition coefficient (Wildman–Crippen LogP) is 2.63. The zero-order chi connectivity index (χ0) is 11.5. The molecule has 2 heterocycles. The Morgan fingerprint density at radius 3 is 2.94 bits per heavy atom. The van der Waals surface area contributed by atoms with Gasteiger partial charge >= 0.3 is 0 Å². The summed E-state index contributed by atoms with van der Waals surface area (Å²) >= 11 is 7.13. The van der Waals surface area contributed by atoms with Crippen molar-refractivity contribution in [2.24, 2.45) is 0 Å². The van der Waals surface area contributed by atoms with Gasteiger partial charge in [0.1, 0.15) is 4.88 Å². The lowest BCUT2D eigenvalue weighted by Crippen LogP contribution is -2.12. The summed E-state index contributed by atoms with van der Waals surface area (Å²) in [6.45, 7) is 0. The number of hydrogen-bond acceptors (Lipinski definition) is 4. The smallest absolute Gasteiger partial charge is 0.267 e. The summed E-state index contributed by atoms with van der Waals surface area (Å²) in [6, 6.07) is 3.31. The summed E-state index contributed by atoms with van der Waals surface area (Å²) in [6.07, 6.45) is 3.04. The number of aromatic nitrogens is 1. The van der Waals surface area contributed by atoms with Crippen molar-refractivity contribution < 1.29 is 4.79 Å². The molecule has 0 aliphatic carbocycles. The molecule has 0 spiro atoms. The number of hydrogen-bond donors (Lipinski definition) is 2. The van der Waals surface area contributed by atoms with Crippen LogP contribution in [-0.2, 0) is 0 Å². The van der Waals surface area contributed by atoms with E-state index >= 15 is 0 Å². The molecule has 82 valence electrons. The Morgan fingerprint density at radius 1 is 1.50 bits per heavy atom. The fourth-order valence-corrected chi connectivity index (χ4v) is 2.19. The number of nitrogens with zero attached hydrogens (tertiary/aromatic N) is 1. The molecule has 2 aromatic heterocycles. The zero-order valence-corrected chi connectivity index (χ0v) is 9.68. The van der Waals surface area contributed by atoms with E-state index in [2.05, 4.69) is 10.3 Å². The molecule has 0 saturated carbocycles. The molecule has 0 unspecified atom stereocenters. The molecule has 1 amide bonds. The van der Waals surface area contributed by atoms with Crippen LogP contribution in [0.3, 0.4) is 0 Å². The molecule has 16 heavy (non-hydrogen) atoms. The Balaban J connectivity index is 2.21. The Hall–Kier alpha value is -1.59. The molecule has 0 aromatic carbocycles. The molecule has 4 nitrogen and oxygen atoms in total. The van der Waals surface area contributed by atoms with Crippen molar-refractivity contribution in [3.63, 3.8) is 0 Å². The molecular weight excluding hydrogens is 246 g/mol. The quantitative estimate of drug-likeness (QED) is 0.865. The highest BCUT2D eigenvalue weighted by Gasteiger charge is 2.12. The number of anilines is 2. The van der Waals surface area contributed by atoms with Crippen LogP contribution in [0.2, 0.25) is 5.02 Å². The van der Waals surface area contributed by atoms with E-state index in [1.165, 1.54) is 17.5 Å². The zero-order valence-electron chi connectivity index (χ0n) is 8.11. The Kier molecular flexibility index (Phi) is 3.07. The maximum atomic E-state index is 11.8. The fourth-order valence-electron chi connectivity index (χ4n) is 1.16. The monoisotopic (exact) mass is 253 g/mol. The summed E-state index contributed by atoms with van der Waals surface area (Å²) in [5.74, 6) is -0.266. The molecule has 3 N–H and O–H groups in total. The van der Waals surface area contributed by atoms with Gasteiger partial charge in [-0.1, -0.05) is 11.6 Å². The topological polar surface area (TPSA) is 68.0 Å². The van der Waals surface area contributed by atoms with E-state index in [9.17, 15) is 4.79 Å². The van der Waals surface area contributed by atoms with Crippen LogP contribution in [0.15, 0.2) is 29.9 Å². The first-order chi connectivity index (χ1) is 7.68. The lowest BCUT2D eigenvalue weighted by atomic mass is 10.3. The van der Waals surface area contributed by atoms with Crippen LogP contribution in [0.4, 0.5) is 11.4 Å². The van der Waals surface area contributed by atoms with E-state index in [1.807, 2.05) is 0 Å². The van der Waals surface area contributed by atoms with Crippen molar-refractivity contribution in [2.45, 2.75) is 0 Å². The van der Waals surface area contributed by atoms with Gasteiger partial charge in [0, 0.05) is 6.20 Å². The highest BCUT2D eigenvalue weighted by atomic mass is 35.5. The van der Waals surface area contributed by atoms with Gasteiger partial charge in [-0.05, 0) is 17.5 Å². The minimum absolute atomic E-state index is 0.266. The van der Waals surface area contributed by atoms with E-state index in [1.54, 1.807) is 23.7 Å². The number of halogens is 1. The average molecular weight is 254 g/mol. The van der Waals surface area contributed by atoms with Crippen molar-refractivity contribution in [1.82, 2.24) is 4.98 Å². The number of rotatable bonds is 2. The highest BCUT2D eigenvalue weighted by Crippen LogP contribution is 2.24. The highest BCUT2D eigenvalue weighted by molar-refractivity contribution is 7.12. The molecule has 6 heteroatoms. The van der Waals surface area contributed by atoms with Crippen LogP contribution >= 0.6 is 22.9 Å². The molecule has 0 atom stereocenters. The van der Waals surface area contributed by atoms with Gasteiger partial charge in [-0.25, -0.2) is 0 Å². The molecular formula is C10H8ClN3OS. The van der Waals surface area contributed by atoms with Gasteiger partial charge in [-0.2, -0.15) is 0 Å². The molecule has 0 saturated heterocycles. The number of nitrogens with one attached hydrogen (secondary N) is 1.